The first kappa shape index (κ1) is 19.7. The van der Waals surface area contributed by atoms with E-state index in [0.717, 1.165) is 42.9 Å². The molecule has 0 bridgehead atoms. The number of benzene rings is 2. The maximum atomic E-state index is 12.6. The van der Waals surface area contributed by atoms with Crippen molar-refractivity contribution < 1.29 is 14.3 Å². The predicted octanol–water partition coefficient (Wildman–Crippen LogP) is 3.36. The Hall–Kier alpha value is -3.02. The lowest BCUT2D eigenvalue weighted by molar-refractivity contribution is -0.116. The average molecular weight is 381 g/mol. The number of primary amides is 1. The molecule has 6 nitrogen and oxygen atoms in total. The molecule has 2 aromatic rings. The summed E-state index contributed by atoms with van der Waals surface area (Å²) in [6, 6.07) is 13.0. The fraction of sp³-hybridized carbons (Fsp3) is 0.364. The number of nitrogens with zero attached hydrogens (tertiary/aromatic N) is 1. The number of methoxy groups -OCH3 is 1. The van der Waals surface area contributed by atoms with Gasteiger partial charge in [-0.1, -0.05) is 12.1 Å². The second-order valence-corrected chi connectivity index (χ2v) is 7.04. The Morgan fingerprint density at radius 3 is 2.43 bits per heavy atom. The van der Waals surface area contributed by atoms with Crippen molar-refractivity contribution >= 4 is 23.2 Å². The van der Waals surface area contributed by atoms with E-state index >= 15 is 0 Å². The summed E-state index contributed by atoms with van der Waals surface area (Å²) in [6.45, 7) is 1.90. The molecule has 1 aliphatic heterocycles. The molecule has 3 rings (SSSR count). The normalized spacial score (nSPS) is 13.8. The van der Waals surface area contributed by atoms with Crippen LogP contribution in [0.15, 0.2) is 42.5 Å². The first-order chi connectivity index (χ1) is 13.6. The number of nitrogens with two attached hydrogens (primary N) is 1. The van der Waals surface area contributed by atoms with Gasteiger partial charge in [-0.3, -0.25) is 9.59 Å². The zero-order valence-corrected chi connectivity index (χ0v) is 16.2. The van der Waals surface area contributed by atoms with E-state index in [1.807, 2.05) is 30.3 Å². The van der Waals surface area contributed by atoms with Gasteiger partial charge >= 0.3 is 0 Å². The predicted molar refractivity (Wildman–Crippen MR) is 111 cm³/mol. The van der Waals surface area contributed by atoms with Gasteiger partial charge in [0.05, 0.1) is 18.5 Å². The Bertz CT molecular complexity index is 827. The second-order valence-electron chi connectivity index (χ2n) is 7.04. The Morgan fingerprint density at radius 1 is 1.07 bits per heavy atom. The third kappa shape index (κ3) is 5.03. The van der Waals surface area contributed by atoms with E-state index in [2.05, 4.69) is 10.2 Å². The highest BCUT2D eigenvalue weighted by atomic mass is 16.5. The summed E-state index contributed by atoms with van der Waals surface area (Å²) in [4.78, 5) is 26.4. The van der Waals surface area contributed by atoms with Crippen LogP contribution >= 0.6 is 0 Å². The molecule has 28 heavy (non-hydrogen) atoms. The molecule has 0 aromatic heterocycles. The molecule has 2 aromatic carbocycles. The molecule has 3 N–H and O–H groups in total. The maximum Gasteiger partial charge on any atom is 0.248 e. The largest absolute Gasteiger partial charge is 0.497 e. The number of hydrogen-bond acceptors (Lipinski definition) is 4. The van der Waals surface area contributed by atoms with Crippen LogP contribution in [0.4, 0.5) is 11.4 Å². The van der Waals surface area contributed by atoms with Crippen LogP contribution in [-0.2, 0) is 11.2 Å². The first-order valence-corrected chi connectivity index (χ1v) is 9.68. The van der Waals surface area contributed by atoms with Crippen LogP contribution in [0, 0.1) is 0 Å². The Morgan fingerprint density at radius 2 is 1.79 bits per heavy atom. The van der Waals surface area contributed by atoms with E-state index in [-0.39, 0.29) is 5.91 Å². The fourth-order valence-electron chi connectivity index (χ4n) is 3.46. The Labute approximate surface area is 165 Å². The van der Waals surface area contributed by atoms with Crippen molar-refractivity contribution in [2.24, 2.45) is 5.73 Å². The number of anilines is 2. The van der Waals surface area contributed by atoms with Gasteiger partial charge in [-0.25, -0.2) is 0 Å². The fourth-order valence-corrected chi connectivity index (χ4v) is 3.46. The monoisotopic (exact) mass is 381 g/mol. The molecule has 2 amide bonds. The smallest absolute Gasteiger partial charge is 0.248 e. The van der Waals surface area contributed by atoms with Crippen molar-refractivity contribution in [3.63, 3.8) is 0 Å². The Balaban J connectivity index is 1.70. The molecule has 0 spiro atoms. The molecular weight excluding hydrogens is 354 g/mol. The highest BCUT2D eigenvalue weighted by Gasteiger charge is 2.17. The molecule has 0 aliphatic carbocycles. The minimum atomic E-state index is -0.501. The van der Waals surface area contributed by atoms with Gasteiger partial charge < -0.3 is 20.7 Å². The summed E-state index contributed by atoms with van der Waals surface area (Å²) in [6.07, 6.45) is 4.46. The van der Waals surface area contributed by atoms with Crippen molar-refractivity contribution in [1.29, 1.82) is 0 Å². The molecule has 1 saturated heterocycles. The third-order valence-electron chi connectivity index (χ3n) is 5.05. The third-order valence-corrected chi connectivity index (χ3v) is 5.05. The number of carbonyl (C=O) groups is 2. The van der Waals surface area contributed by atoms with Crippen LogP contribution in [0.3, 0.4) is 0 Å². The van der Waals surface area contributed by atoms with Gasteiger partial charge in [-0.15, -0.1) is 0 Å². The van der Waals surface area contributed by atoms with Crippen LogP contribution in [0.1, 0.15) is 41.6 Å². The number of ether oxygens (including phenoxy) is 1. The minimum Gasteiger partial charge on any atom is -0.497 e. The molecule has 0 atom stereocenters. The van der Waals surface area contributed by atoms with E-state index in [1.165, 1.54) is 6.42 Å². The number of amides is 2. The Kier molecular flexibility index (Phi) is 6.53. The number of aryl methyl sites for hydroxylation is 1. The van der Waals surface area contributed by atoms with Crippen molar-refractivity contribution in [1.82, 2.24) is 0 Å². The van der Waals surface area contributed by atoms with Crippen LogP contribution in [0.25, 0.3) is 0 Å². The van der Waals surface area contributed by atoms with Crippen molar-refractivity contribution in [3.8, 4) is 5.75 Å². The van der Waals surface area contributed by atoms with E-state index < -0.39 is 5.91 Å². The minimum absolute atomic E-state index is 0.0873. The average Bonchev–Trinajstić information content (AvgIpc) is 2.73. The summed E-state index contributed by atoms with van der Waals surface area (Å²) in [5, 5.41) is 2.98. The van der Waals surface area contributed by atoms with Gasteiger partial charge in [0.25, 0.3) is 0 Å². The number of piperidine rings is 1. The van der Waals surface area contributed by atoms with E-state index in [4.69, 9.17) is 10.5 Å². The first-order valence-electron chi connectivity index (χ1n) is 9.68. The van der Waals surface area contributed by atoms with E-state index in [1.54, 1.807) is 19.2 Å². The number of carbonyl (C=O) groups excluding carboxylic acids is 2. The topological polar surface area (TPSA) is 84.7 Å². The SMILES string of the molecule is COc1ccc(CCC(=O)Nc2cc(C(N)=O)ccc2N2CCCCC2)cc1. The van der Waals surface area contributed by atoms with Crippen molar-refractivity contribution in [2.45, 2.75) is 32.1 Å². The zero-order chi connectivity index (χ0) is 19.9. The summed E-state index contributed by atoms with van der Waals surface area (Å²) in [5.74, 6) is 0.206. The maximum absolute atomic E-state index is 12.6. The quantitative estimate of drug-likeness (QED) is 0.770. The van der Waals surface area contributed by atoms with Gasteiger partial charge in [-0.05, 0) is 61.6 Å². The summed E-state index contributed by atoms with van der Waals surface area (Å²) in [7, 11) is 1.63. The lowest BCUT2D eigenvalue weighted by atomic mass is 10.1. The van der Waals surface area contributed by atoms with E-state index in [0.29, 0.717) is 24.1 Å². The molecule has 0 radical (unpaired) electrons. The summed E-state index contributed by atoms with van der Waals surface area (Å²) in [5.41, 5.74) is 8.48. The van der Waals surface area contributed by atoms with Crippen molar-refractivity contribution in [3.05, 3.63) is 53.6 Å². The lowest BCUT2D eigenvalue weighted by Crippen LogP contribution is -2.30. The standard InChI is InChI=1S/C22H27N3O3/c1-28-18-9-5-16(6-10-18)7-12-21(26)24-19-15-17(22(23)27)8-11-20(19)25-13-3-2-4-14-25/h5-6,8-11,15H,2-4,7,12-14H2,1H3,(H2,23,27)(H,24,26). The molecule has 148 valence electrons. The van der Waals surface area contributed by atoms with Gasteiger partial charge in [0.2, 0.25) is 11.8 Å². The zero-order valence-electron chi connectivity index (χ0n) is 16.2. The van der Waals surface area contributed by atoms with Crippen LogP contribution < -0.4 is 20.7 Å². The van der Waals surface area contributed by atoms with Gasteiger partial charge in [-0.2, -0.15) is 0 Å². The van der Waals surface area contributed by atoms with Crippen LogP contribution in [0.5, 0.6) is 5.75 Å². The molecule has 6 heteroatoms. The molecular formula is C22H27N3O3. The second kappa shape index (κ2) is 9.26. The molecule has 1 fully saturated rings. The van der Waals surface area contributed by atoms with E-state index in [9.17, 15) is 9.59 Å². The number of nitrogens with one attached hydrogen (secondary N) is 1. The van der Waals surface area contributed by atoms with Crippen LogP contribution in [-0.4, -0.2) is 32.0 Å². The number of hydrogen-bond donors (Lipinski definition) is 2. The molecule has 0 unspecified atom stereocenters. The lowest BCUT2D eigenvalue weighted by Gasteiger charge is -2.30. The molecule has 1 heterocycles. The number of rotatable bonds is 7. The van der Waals surface area contributed by atoms with Gasteiger partial charge in [0.15, 0.2) is 0 Å². The molecule has 0 saturated carbocycles. The van der Waals surface area contributed by atoms with Gasteiger partial charge in [0.1, 0.15) is 5.75 Å². The molecule has 1 aliphatic rings. The van der Waals surface area contributed by atoms with Crippen molar-refractivity contribution in [2.75, 3.05) is 30.4 Å². The summed E-state index contributed by atoms with van der Waals surface area (Å²) >= 11 is 0. The van der Waals surface area contributed by atoms with Crippen LogP contribution in [0.2, 0.25) is 0 Å². The summed E-state index contributed by atoms with van der Waals surface area (Å²) < 4.78 is 5.15. The highest BCUT2D eigenvalue weighted by Crippen LogP contribution is 2.30. The highest BCUT2D eigenvalue weighted by molar-refractivity contribution is 5.99. The van der Waals surface area contributed by atoms with Gasteiger partial charge in [0, 0.05) is 25.1 Å².